The molecule has 0 aromatic heterocycles. The molecule has 0 spiro atoms. The molecule has 2 N–H and O–H groups in total. The number of hydrogen-bond acceptors (Lipinski definition) is 4. The first-order chi connectivity index (χ1) is 9.67. The van der Waals surface area contributed by atoms with Crippen molar-refractivity contribution >= 4 is 12.1 Å². The Morgan fingerprint density at radius 1 is 1.30 bits per heavy atom. The molecule has 0 radical (unpaired) electrons. The molecule has 20 heavy (non-hydrogen) atoms. The summed E-state index contributed by atoms with van der Waals surface area (Å²) in [6.07, 6.45) is 2.04. The maximum Gasteiger partial charge on any atom is 0.409 e. The molecule has 1 heterocycles. The normalized spacial score (nSPS) is 15.8. The van der Waals surface area contributed by atoms with Gasteiger partial charge in [-0.1, -0.05) is 0 Å². The fraction of sp³-hybridized carbons (Fsp3) is 0.846. The van der Waals surface area contributed by atoms with Gasteiger partial charge in [0, 0.05) is 39.4 Å². The number of hydrogen-bond donors (Lipinski definition) is 2. The monoisotopic (exact) mass is 287 g/mol. The van der Waals surface area contributed by atoms with E-state index < -0.39 is 0 Å². The molecule has 0 atom stereocenters. The maximum atomic E-state index is 11.6. The average Bonchev–Trinajstić information content (AvgIpc) is 2.45. The Labute approximate surface area is 120 Å². The van der Waals surface area contributed by atoms with Gasteiger partial charge < -0.3 is 25.0 Å². The van der Waals surface area contributed by atoms with E-state index in [1.54, 1.807) is 18.9 Å². The zero-order valence-electron chi connectivity index (χ0n) is 12.3. The largest absolute Gasteiger partial charge is 0.450 e. The van der Waals surface area contributed by atoms with Crippen LogP contribution in [0.5, 0.6) is 0 Å². The first kappa shape index (κ1) is 16.6. The van der Waals surface area contributed by atoms with Gasteiger partial charge in [-0.2, -0.15) is 0 Å². The van der Waals surface area contributed by atoms with Crippen LogP contribution >= 0.6 is 0 Å². The van der Waals surface area contributed by atoms with Crippen molar-refractivity contribution in [1.29, 1.82) is 0 Å². The van der Waals surface area contributed by atoms with Crippen molar-refractivity contribution in [3.8, 4) is 0 Å². The van der Waals surface area contributed by atoms with Crippen molar-refractivity contribution < 1.29 is 19.1 Å². The number of rotatable bonds is 6. The molecule has 1 aliphatic rings. The van der Waals surface area contributed by atoms with E-state index >= 15 is 0 Å². The SMILES string of the molecule is CCOC(=O)N1CCC(NC(=O)NCCCOC)CC1. The van der Waals surface area contributed by atoms with E-state index in [2.05, 4.69) is 10.6 Å². The van der Waals surface area contributed by atoms with Gasteiger partial charge >= 0.3 is 12.1 Å². The van der Waals surface area contributed by atoms with Crippen LogP contribution in [0.2, 0.25) is 0 Å². The lowest BCUT2D eigenvalue weighted by atomic mass is 10.1. The molecule has 1 fully saturated rings. The fourth-order valence-electron chi connectivity index (χ4n) is 2.08. The highest BCUT2D eigenvalue weighted by molar-refractivity contribution is 5.74. The topological polar surface area (TPSA) is 79.9 Å². The van der Waals surface area contributed by atoms with Crippen molar-refractivity contribution in [2.24, 2.45) is 0 Å². The smallest absolute Gasteiger partial charge is 0.409 e. The Kier molecular flexibility index (Phi) is 7.79. The third kappa shape index (κ3) is 6.10. The van der Waals surface area contributed by atoms with Gasteiger partial charge in [0.15, 0.2) is 0 Å². The van der Waals surface area contributed by atoms with Crippen LogP contribution in [-0.4, -0.2) is 63.0 Å². The second kappa shape index (κ2) is 9.41. The molecule has 0 bridgehead atoms. The number of carbonyl (C=O) groups is 2. The highest BCUT2D eigenvalue weighted by atomic mass is 16.6. The summed E-state index contributed by atoms with van der Waals surface area (Å²) in [6, 6.07) is -0.0428. The van der Waals surface area contributed by atoms with E-state index in [1.165, 1.54) is 0 Å². The number of carbonyl (C=O) groups excluding carboxylic acids is 2. The van der Waals surface area contributed by atoms with E-state index in [-0.39, 0.29) is 18.2 Å². The number of ether oxygens (including phenoxy) is 2. The molecular formula is C13H25N3O4. The lowest BCUT2D eigenvalue weighted by molar-refractivity contribution is 0.0957. The summed E-state index contributed by atoms with van der Waals surface area (Å²) in [4.78, 5) is 24.8. The Morgan fingerprint density at radius 3 is 2.60 bits per heavy atom. The van der Waals surface area contributed by atoms with Gasteiger partial charge in [0.2, 0.25) is 0 Å². The summed E-state index contributed by atoms with van der Waals surface area (Å²) < 4.78 is 9.86. The molecule has 1 saturated heterocycles. The fourth-order valence-corrected chi connectivity index (χ4v) is 2.08. The van der Waals surface area contributed by atoms with Gasteiger partial charge in [-0.15, -0.1) is 0 Å². The van der Waals surface area contributed by atoms with Crippen LogP contribution in [0.4, 0.5) is 9.59 Å². The Bertz CT molecular complexity index is 304. The minimum Gasteiger partial charge on any atom is -0.450 e. The van der Waals surface area contributed by atoms with Crippen molar-refractivity contribution in [3.05, 3.63) is 0 Å². The first-order valence-electron chi connectivity index (χ1n) is 7.12. The quantitative estimate of drug-likeness (QED) is 0.713. The molecule has 0 aromatic rings. The molecule has 1 aliphatic heterocycles. The van der Waals surface area contributed by atoms with E-state index in [0.29, 0.717) is 32.8 Å². The number of methoxy groups -OCH3 is 1. The molecule has 7 heteroatoms. The number of amides is 3. The molecule has 7 nitrogen and oxygen atoms in total. The van der Waals surface area contributed by atoms with Crippen LogP contribution in [-0.2, 0) is 9.47 Å². The van der Waals surface area contributed by atoms with Crippen LogP contribution < -0.4 is 10.6 Å². The van der Waals surface area contributed by atoms with Crippen molar-refractivity contribution in [1.82, 2.24) is 15.5 Å². The van der Waals surface area contributed by atoms with Crippen molar-refractivity contribution in [2.75, 3.05) is 40.0 Å². The Hall–Kier alpha value is -1.50. The highest BCUT2D eigenvalue weighted by Crippen LogP contribution is 2.11. The van der Waals surface area contributed by atoms with E-state index in [0.717, 1.165) is 19.3 Å². The van der Waals surface area contributed by atoms with Crippen LogP contribution in [0.3, 0.4) is 0 Å². The minimum absolute atomic E-state index is 0.114. The molecule has 116 valence electrons. The van der Waals surface area contributed by atoms with Gasteiger partial charge in [0.1, 0.15) is 0 Å². The van der Waals surface area contributed by atoms with E-state index in [4.69, 9.17) is 9.47 Å². The van der Waals surface area contributed by atoms with Gasteiger partial charge in [0.25, 0.3) is 0 Å². The van der Waals surface area contributed by atoms with Crippen molar-refractivity contribution in [2.45, 2.75) is 32.2 Å². The number of piperidine rings is 1. The Balaban J connectivity index is 2.15. The molecule has 0 aliphatic carbocycles. The maximum absolute atomic E-state index is 11.6. The zero-order valence-corrected chi connectivity index (χ0v) is 12.3. The van der Waals surface area contributed by atoms with Crippen LogP contribution in [0, 0.1) is 0 Å². The second-order valence-corrected chi connectivity index (χ2v) is 4.71. The predicted molar refractivity (Wildman–Crippen MR) is 74.6 cm³/mol. The average molecular weight is 287 g/mol. The third-order valence-corrected chi connectivity index (χ3v) is 3.17. The highest BCUT2D eigenvalue weighted by Gasteiger charge is 2.24. The van der Waals surface area contributed by atoms with E-state index in [9.17, 15) is 9.59 Å². The van der Waals surface area contributed by atoms with Gasteiger partial charge in [-0.05, 0) is 26.2 Å². The van der Waals surface area contributed by atoms with Gasteiger partial charge in [-0.3, -0.25) is 0 Å². The van der Waals surface area contributed by atoms with Crippen molar-refractivity contribution in [3.63, 3.8) is 0 Å². The minimum atomic E-state index is -0.269. The first-order valence-corrected chi connectivity index (χ1v) is 7.12. The predicted octanol–water partition coefficient (Wildman–Crippen LogP) is 0.943. The molecular weight excluding hydrogens is 262 g/mol. The number of nitrogens with one attached hydrogen (secondary N) is 2. The lowest BCUT2D eigenvalue weighted by Gasteiger charge is -2.31. The second-order valence-electron chi connectivity index (χ2n) is 4.71. The third-order valence-electron chi connectivity index (χ3n) is 3.17. The number of nitrogens with zero attached hydrogens (tertiary/aromatic N) is 1. The summed E-state index contributed by atoms with van der Waals surface area (Å²) in [7, 11) is 1.64. The molecule has 0 unspecified atom stereocenters. The van der Waals surface area contributed by atoms with Crippen LogP contribution in [0.1, 0.15) is 26.2 Å². The standard InChI is InChI=1S/C13H25N3O4/c1-3-20-13(18)16-8-5-11(6-9-16)15-12(17)14-7-4-10-19-2/h11H,3-10H2,1-2H3,(H2,14,15,17). The van der Waals surface area contributed by atoms with Gasteiger partial charge in [-0.25, -0.2) is 9.59 Å². The van der Waals surface area contributed by atoms with Gasteiger partial charge in [0.05, 0.1) is 6.61 Å². The van der Waals surface area contributed by atoms with Crippen LogP contribution in [0.15, 0.2) is 0 Å². The molecule has 3 amide bonds. The summed E-state index contributed by atoms with van der Waals surface area (Å²) in [5.74, 6) is 0. The Morgan fingerprint density at radius 2 is 2.00 bits per heavy atom. The summed E-state index contributed by atoms with van der Waals surface area (Å²) in [6.45, 7) is 4.65. The summed E-state index contributed by atoms with van der Waals surface area (Å²) >= 11 is 0. The molecule has 0 saturated carbocycles. The molecule has 1 rings (SSSR count). The number of likely N-dealkylation sites (tertiary alicyclic amines) is 1. The lowest BCUT2D eigenvalue weighted by Crippen LogP contribution is -2.49. The summed E-state index contributed by atoms with van der Waals surface area (Å²) in [5, 5.41) is 5.70. The molecule has 0 aromatic carbocycles. The van der Waals surface area contributed by atoms with E-state index in [1.807, 2.05) is 0 Å². The number of urea groups is 1. The summed E-state index contributed by atoms with van der Waals surface area (Å²) in [5.41, 5.74) is 0. The van der Waals surface area contributed by atoms with Crippen LogP contribution in [0.25, 0.3) is 0 Å². The zero-order chi connectivity index (χ0) is 14.8.